The Morgan fingerprint density at radius 2 is 2.06 bits per heavy atom. The molecule has 2 rings (SSSR count). The van der Waals surface area contributed by atoms with Gasteiger partial charge in [0.1, 0.15) is 6.33 Å². The molecule has 0 atom stereocenters. The fraction of sp³-hybridized carbons (Fsp3) is 0.417. The van der Waals surface area contributed by atoms with Gasteiger partial charge in [0.25, 0.3) is 0 Å². The van der Waals surface area contributed by atoms with Crippen LogP contribution in [0.1, 0.15) is 12.8 Å². The van der Waals surface area contributed by atoms with E-state index in [1.165, 1.54) is 18.6 Å². The smallest absolute Gasteiger partial charge is 0.143 e. The van der Waals surface area contributed by atoms with Gasteiger partial charge in [0.2, 0.25) is 0 Å². The fourth-order valence-electron chi connectivity index (χ4n) is 1.62. The summed E-state index contributed by atoms with van der Waals surface area (Å²) in [4.78, 5) is 0. The molecule has 0 unspecified atom stereocenters. The zero-order chi connectivity index (χ0) is 12.6. The molecule has 0 saturated carbocycles. The first kappa shape index (κ1) is 12.9. The molecule has 0 bridgehead atoms. The van der Waals surface area contributed by atoms with E-state index >= 15 is 0 Å². The summed E-state index contributed by atoms with van der Waals surface area (Å²) < 4.78 is 1.64. The van der Waals surface area contributed by atoms with Crippen LogP contribution in [0.3, 0.4) is 0 Å². The number of nitrogens with one attached hydrogen (secondary N) is 1. The van der Waals surface area contributed by atoms with Crippen molar-refractivity contribution in [3.8, 4) is 5.69 Å². The third-order valence-electron chi connectivity index (χ3n) is 2.59. The maximum absolute atomic E-state index is 3.84. The Morgan fingerprint density at radius 3 is 2.72 bits per heavy atom. The molecule has 0 aliphatic rings. The van der Waals surface area contributed by atoms with Crippen molar-refractivity contribution in [2.45, 2.75) is 12.8 Å². The summed E-state index contributed by atoms with van der Waals surface area (Å²) in [6.07, 6.45) is 6.20. The molecule has 0 amide bonds. The molecule has 1 heterocycles. The first-order valence-electron chi connectivity index (χ1n) is 5.96. The number of nitrogens with zero attached hydrogens (tertiary/aromatic N) is 4. The summed E-state index contributed by atoms with van der Waals surface area (Å²) in [5.74, 6) is 1.24. The summed E-state index contributed by atoms with van der Waals surface area (Å²) >= 11 is 1.90. The molecule has 0 aliphatic heterocycles. The maximum atomic E-state index is 3.84. The van der Waals surface area contributed by atoms with Crippen LogP contribution in [0.4, 0.5) is 5.69 Å². The van der Waals surface area contributed by atoms with E-state index in [1.54, 1.807) is 11.0 Å². The van der Waals surface area contributed by atoms with Crippen molar-refractivity contribution in [3.63, 3.8) is 0 Å². The summed E-state index contributed by atoms with van der Waals surface area (Å²) in [6.45, 7) is 1.02. The minimum atomic E-state index is 0.966. The maximum Gasteiger partial charge on any atom is 0.143 e. The van der Waals surface area contributed by atoms with Gasteiger partial charge in [0.15, 0.2) is 0 Å². The van der Waals surface area contributed by atoms with Crippen LogP contribution in [0.25, 0.3) is 5.69 Å². The Labute approximate surface area is 111 Å². The van der Waals surface area contributed by atoms with Gasteiger partial charge in [0.05, 0.1) is 5.69 Å². The van der Waals surface area contributed by atoms with Crippen molar-refractivity contribution in [2.75, 3.05) is 23.9 Å². The second-order valence-electron chi connectivity index (χ2n) is 3.93. The Balaban J connectivity index is 1.81. The predicted octanol–water partition coefficient (Wildman–Crippen LogP) is 2.22. The average molecular weight is 263 g/mol. The number of aromatic nitrogens is 4. The molecule has 0 saturated heterocycles. The normalized spacial score (nSPS) is 10.5. The van der Waals surface area contributed by atoms with E-state index in [0.717, 1.165) is 17.9 Å². The van der Waals surface area contributed by atoms with E-state index in [2.05, 4.69) is 27.1 Å². The Hall–Kier alpha value is -1.56. The van der Waals surface area contributed by atoms with Gasteiger partial charge in [-0.2, -0.15) is 11.8 Å². The van der Waals surface area contributed by atoms with Gasteiger partial charge >= 0.3 is 0 Å². The molecule has 18 heavy (non-hydrogen) atoms. The zero-order valence-corrected chi connectivity index (χ0v) is 11.2. The average Bonchev–Trinajstić information content (AvgIpc) is 2.93. The predicted molar refractivity (Wildman–Crippen MR) is 75.3 cm³/mol. The number of rotatable bonds is 7. The minimum absolute atomic E-state index is 0.966. The van der Waals surface area contributed by atoms with E-state index in [4.69, 9.17) is 0 Å². The van der Waals surface area contributed by atoms with Gasteiger partial charge in [0, 0.05) is 12.2 Å². The standard InChI is InChI=1S/C12H17N5S/c1-18-9-3-2-8-13-11-4-6-12(7-5-11)17-10-14-15-16-17/h4-7,10,13H,2-3,8-9H2,1H3. The lowest BCUT2D eigenvalue weighted by Gasteiger charge is -2.06. The van der Waals surface area contributed by atoms with Crippen LogP contribution < -0.4 is 5.32 Å². The quantitative estimate of drug-likeness (QED) is 0.776. The van der Waals surface area contributed by atoms with Crippen LogP contribution in [0.5, 0.6) is 0 Å². The second kappa shape index (κ2) is 7.00. The zero-order valence-electron chi connectivity index (χ0n) is 10.4. The molecule has 0 spiro atoms. The molecule has 2 aromatic rings. The fourth-order valence-corrected chi connectivity index (χ4v) is 2.11. The third-order valence-corrected chi connectivity index (χ3v) is 3.28. The molecule has 96 valence electrons. The van der Waals surface area contributed by atoms with Crippen molar-refractivity contribution < 1.29 is 0 Å². The highest BCUT2D eigenvalue weighted by Gasteiger charge is 1.97. The van der Waals surface area contributed by atoms with Gasteiger partial charge in [-0.1, -0.05) is 0 Å². The summed E-state index contributed by atoms with van der Waals surface area (Å²) in [6, 6.07) is 8.10. The van der Waals surface area contributed by atoms with Gasteiger partial charge in [-0.05, 0) is 59.5 Å². The number of unbranched alkanes of at least 4 members (excludes halogenated alkanes) is 1. The van der Waals surface area contributed by atoms with Gasteiger partial charge in [-0.25, -0.2) is 4.68 Å². The third kappa shape index (κ3) is 3.73. The number of hydrogen-bond acceptors (Lipinski definition) is 5. The number of thioether (sulfide) groups is 1. The topological polar surface area (TPSA) is 55.6 Å². The monoisotopic (exact) mass is 263 g/mol. The molecular weight excluding hydrogens is 246 g/mol. The number of hydrogen-bond donors (Lipinski definition) is 1. The van der Waals surface area contributed by atoms with Crippen LogP contribution in [-0.2, 0) is 0 Å². The second-order valence-corrected chi connectivity index (χ2v) is 4.91. The van der Waals surface area contributed by atoms with E-state index in [1.807, 2.05) is 36.0 Å². The first-order chi connectivity index (χ1) is 8.90. The molecule has 1 aromatic heterocycles. The molecule has 6 heteroatoms. The van der Waals surface area contributed by atoms with Crippen molar-refractivity contribution in [1.82, 2.24) is 20.2 Å². The molecule has 0 aliphatic carbocycles. The summed E-state index contributed by atoms with van der Waals surface area (Å²) in [5.41, 5.74) is 2.10. The Kier molecular flexibility index (Phi) is 5.01. The molecule has 0 radical (unpaired) electrons. The molecular formula is C12H17N5S. The Bertz CT molecular complexity index is 440. The van der Waals surface area contributed by atoms with Gasteiger partial charge in [-0.3, -0.25) is 0 Å². The lowest BCUT2D eigenvalue weighted by atomic mass is 10.2. The van der Waals surface area contributed by atoms with E-state index < -0.39 is 0 Å². The van der Waals surface area contributed by atoms with Crippen LogP contribution in [-0.4, -0.2) is 38.8 Å². The highest BCUT2D eigenvalue weighted by molar-refractivity contribution is 7.98. The highest BCUT2D eigenvalue weighted by atomic mass is 32.2. The van der Waals surface area contributed by atoms with E-state index in [-0.39, 0.29) is 0 Å². The summed E-state index contributed by atoms with van der Waals surface area (Å²) in [5, 5.41) is 14.5. The molecule has 0 fully saturated rings. The number of anilines is 1. The van der Waals surface area contributed by atoms with Crippen molar-refractivity contribution in [3.05, 3.63) is 30.6 Å². The summed E-state index contributed by atoms with van der Waals surface area (Å²) in [7, 11) is 0. The van der Waals surface area contributed by atoms with Gasteiger partial charge < -0.3 is 5.32 Å². The largest absolute Gasteiger partial charge is 0.385 e. The molecule has 1 aromatic carbocycles. The van der Waals surface area contributed by atoms with Crippen LogP contribution >= 0.6 is 11.8 Å². The van der Waals surface area contributed by atoms with E-state index in [9.17, 15) is 0 Å². The Morgan fingerprint density at radius 1 is 1.22 bits per heavy atom. The van der Waals surface area contributed by atoms with Crippen LogP contribution in [0, 0.1) is 0 Å². The van der Waals surface area contributed by atoms with Crippen LogP contribution in [0.2, 0.25) is 0 Å². The highest BCUT2D eigenvalue weighted by Crippen LogP contribution is 2.12. The SMILES string of the molecule is CSCCCCNc1ccc(-n2cnnn2)cc1. The van der Waals surface area contributed by atoms with Gasteiger partial charge in [-0.15, -0.1) is 5.10 Å². The first-order valence-corrected chi connectivity index (χ1v) is 7.36. The molecule has 5 nitrogen and oxygen atoms in total. The number of tetrazole rings is 1. The number of benzene rings is 1. The lowest BCUT2D eigenvalue weighted by Crippen LogP contribution is -2.02. The van der Waals surface area contributed by atoms with Crippen LogP contribution in [0.15, 0.2) is 30.6 Å². The molecule has 1 N–H and O–H groups in total. The van der Waals surface area contributed by atoms with E-state index in [0.29, 0.717) is 0 Å². The van der Waals surface area contributed by atoms with Crippen molar-refractivity contribution >= 4 is 17.4 Å². The van der Waals surface area contributed by atoms with Crippen molar-refractivity contribution in [2.24, 2.45) is 0 Å². The lowest BCUT2D eigenvalue weighted by molar-refractivity contribution is 0.789. The minimum Gasteiger partial charge on any atom is -0.385 e. The van der Waals surface area contributed by atoms with Crippen molar-refractivity contribution in [1.29, 1.82) is 0 Å².